The van der Waals surface area contributed by atoms with E-state index in [0.29, 0.717) is 41.7 Å². The summed E-state index contributed by atoms with van der Waals surface area (Å²) in [6, 6.07) is 15.4. The molecule has 2 aromatic carbocycles. The van der Waals surface area contributed by atoms with Gasteiger partial charge in [0.1, 0.15) is 5.82 Å². The van der Waals surface area contributed by atoms with E-state index in [0.717, 1.165) is 11.1 Å². The lowest BCUT2D eigenvalue weighted by Crippen LogP contribution is -2.06. The van der Waals surface area contributed by atoms with Crippen molar-refractivity contribution >= 4 is 11.8 Å². The highest BCUT2D eigenvalue weighted by Gasteiger charge is 2.22. The van der Waals surface area contributed by atoms with Gasteiger partial charge in [0.2, 0.25) is 12.7 Å². The predicted octanol–water partition coefficient (Wildman–Crippen LogP) is 3.15. The Morgan fingerprint density at radius 1 is 1.17 bits per heavy atom. The summed E-state index contributed by atoms with van der Waals surface area (Å²) in [4.78, 5) is 10.7. The first-order valence-electron chi connectivity index (χ1n) is 9.26. The SMILES string of the molecule is Nc1c(-c2ccc3c(c2)OCO3)c(OCCCC(=O)O)nn1Cc1ccccc1. The first-order valence-corrected chi connectivity index (χ1v) is 9.26. The zero-order valence-corrected chi connectivity index (χ0v) is 15.7. The highest BCUT2D eigenvalue weighted by molar-refractivity contribution is 5.80. The van der Waals surface area contributed by atoms with Crippen LogP contribution in [-0.4, -0.2) is 34.3 Å². The van der Waals surface area contributed by atoms with E-state index in [2.05, 4.69) is 5.10 Å². The van der Waals surface area contributed by atoms with Crippen LogP contribution in [0.1, 0.15) is 18.4 Å². The molecular formula is C21H21N3O5. The molecule has 8 nitrogen and oxygen atoms in total. The van der Waals surface area contributed by atoms with Gasteiger partial charge in [0.15, 0.2) is 11.5 Å². The molecule has 0 spiro atoms. The van der Waals surface area contributed by atoms with Crippen molar-refractivity contribution in [1.82, 2.24) is 9.78 Å². The Morgan fingerprint density at radius 2 is 1.97 bits per heavy atom. The molecule has 0 saturated heterocycles. The second-order valence-corrected chi connectivity index (χ2v) is 6.62. The lowest BCUT2D eigenvalue weighted by Gasteiger charge is -2.07. The van der Waals surface area contributed by atoms with Crippen LogP contribution >= 0.6 is 0 Å². The summed E-state index contributed by atoms with van der Waals surface area (Å²) in [7, 11) is 0. The van der Waals surface area contributed by atoms with E-state index in [1.165, 1.54) is 0 Å². The fourth-order valence-electron chi connectivity index (χ4n) is 3.15. The molecule has 0 fully saturated rings. The lowest BCUT2D eigenvalue weighted by molar-refractivity contribution is -0.137. The standard InChI is InChI=1S/C21H21N3O5/c22-20-19(15-8-9-16-17(11-15)29-13-28-16)21(27-10-4-7-18(25)26)23-24(20)12-14-5-2-1-3-6-14/h1-3,5-6,8-9,11H,4,7,10,12-13,22H2,(H,25,26). The number of carboxylic acids is 1. The topological polar surface area (TPSA) is 109 Å². The van der Waals surface area contributed by atoms with Crippen LogP contribution in [0, 0.1) is 0 Å². The molecule has 3 aromatic rings. The second-order valence-electron chi connectivity index (χ2n) is 6.62. The highest BCUT2D eigenvalue weighted by atomic mass is 16.7. The quantitative estimate of drug-likeness (QED) is 0.564. The van der Waals surface area contributed by atoms with Crippen molar-refractivity contribution in [3.63, 3.8) is 0 Å². The molecule has 0 unspecified atom stereocenters. The third-order valence-corrected chi connectivity index (χ3v) is 4.57. The first-order chi connectivity index (χ1) is 14.1. The molecule has 1 aliphatic rings. The fraction of sp³-hybridized carbons (Fsp3) is 0.238. The Morgan fingerprint density at radius 3 is 2.76 bits per heavy atom. The maximum atomic E-state index is 10.7. The monoisotopic (exact) mass is 395 g/mol. The van der Waals surface area contributed by atoms with Crippen LogP contribution < -0.4 is 19.9 Å². The highest BCUT2D eigenvalue weighted by Crippen LogP contribution is 2.41. The summed E-state index contributed by atoms with van der Waals surface area (Å²) in [5.74, 6) is 1.27. The lowest BCUT2D eigenvalue weighted by atomic mass is 10.1. The van der Waals surface area contributed by atoms with Gasteiger partial charge in [0, 0.05) is 6.42 Å². The molecule has 0 amide bonds. The molecule has 29 heavy (non-hydrogen) atoms. The molecule has 0 saturated carbocycles. The molecule has 4 rings (SSSR count). The number of nitrogens with zero attached hydrogens (tertiary/aromatic N) is 2. The molecule has 150 valence electrons. The van der Waals surface area contributed by atoms with Gasteiger partial charge in [-0.1, -0.05) is 36.4 Å². The molecular weight excluding hydrogens is 374 g/mol. The Kier molecular flexibility index (Phi) is 5.24. The Balaban J connectivity index is 1.66. The fourth-order valence-corrected chi connectivity index (χ4v) is 3.15. The zero-order valence-electron chi connectivity index (χ0n) is 15.7. The average molecular weight is 395 g/mol. The smallest absolute Gasteiger partial charge is 0.303 e. The summed E-state index contributed by atoms with van der Waals surface area (Å²) in [5.41, 5.74) is 8.93. The number of benzene rings is 2. The molecule has 0 atom stereocenters. The van der Waals surface area contributed by atoms with Crippen molar-refractivity contribution in [2.24, 2.45) is 0 Å². The minimum absolute atomic E-state index is 0.0273. The van der Waals surface area contributed by atoms with Crippen molar-refractivity contribution in [1.29, 1.82) is 0 Å². The molecule has 1 aliphatic heterocycles. The average Bonchev–Trinajstić information content (AvgIpc) is 3.30. The van der Waals surface area contributed by atoms with Gasteiger partial charge in [-0.05, 0) is 29.7 Å². The van der Waals surface area contributed by atoms with Crippen LogP contribution in [0.3, 0.4) is 0 Å². The Bertz CT molecular complexity index is 1020. The number of carboxylic acid groups (broad SMARTS) is 1. The van der Waals surface area contributed by atoms with Gasteiger partial charge in [-0.2, -0.15) is 0 Å². The number of hydrogen-bond acceptors (Lipinski definition) is 6. The van der Waals surface area contributed by atoms with Gasteiger partial charge in [-0.3, -0.25) is 4.79 Å². The molecule has 3 N–H and O–H groups in total. The number of aliphatic carboxylic acids is 1. The van der Waals surface area contributed by atoms with Crippen LogP contribution in [-0.2, 0) is 11.3 Å². The Hall–Kier alpha value is -3.68. The summed E-state index contributed by atoms with van der Waals surface area (Å²) >= 11 is 0. The second kappa shape index (κ2) is 8.14. The van der Waals surface area contributed by atoms with E-state index in [1.54, 1.807) is 4.68 Å². The number of nitrogens with two attached hydrogens (primary N) is 1. The predicted molar refractivity (Wildman–Crippen MR) is 106 cm³/mol. The van der Waals surface area contributed by atoms with E-state index >= 15 is 0 Å². The van der Waals surface area contributed by atoms with E-state index in [-0.39, 0.29) is 19.8 Å². The molecule has 0 radical (unpaired) electrons. The van der Waals surface area contributed by atoms with Gasteiger partial charge in [-0.15, -0.1) is 5.10 Å². The van der Waals surface area contributed by atoms with Gasteiger partial charge >= 0.3 is 5.97 Å². The van der Waals surface area contributed by atoms with Crippen LogP contribution in [0.25, 0.3) is 11.1 Å². The summed E-state index contributed by atoms with van der Waals surface area (Å²) < 4.78 is 18.3. The van der Waals surface area contributed by atoms with Gasteiger partial charge in [-0.25, -0.2) is 4.68 Å². The number of nitrogen functional groups attached to an aromatic ring is 1. The van der Waals surface area contributed by atoms with Gasteiger partial charge in [0.25, 0.3) is 0 Å². The number of hydrogen-bond donors (Lipinski definition) is 2. The minimum atomic E-state index is -0.862. The van der Waals surface area contributed by atoms with Crippen LogP contribution in [0.15, 0.2) is 48.5 Å². The van der Waals surface area contributed by atoms with Crippen molar-refractivity contribution < 1.29 is 24.1 Å². The van der Waals surface area contributed by atoms with Crippen LogP contribution in [0.2, 0.25) is 0 Å². The largest absolute Gasteiger partial charge is 0.481 e. The number of ether oxygens (including phenoxy) is 3. The zero-order chi connectivity index (χ0) is 20.2. The molecule has 2 heterocycles. The van der Waals surface area contributed by atoms with E-state index < -0.39 is 5.97 Å². The maximum absolute atomic E-state index is 10.7. The number of rotatable bonds is 8. The van der Waals surface area contributed by atoms with Crippen molar-refractivity contribution in [3.8, 4) is 28.5 Å². The third-order valence-electron chi connectivity index (χ3n) is 4.57. The van der Waals surface area contributed by atoms with Gasteiger partial charge < -0.3 is 25.1 Å². The van der Waals surface area contributed by atoms with Crippen LogP contribution in [0.4, 0.5) is 5.82 Å². The number of carbonyl (C=O) groups is 1. The van der Waals surface area contributed by atoms with E-state index in [4.69, 9.17) is 25.1 Å². The molecule has 0 aliphatic carbocycles. The number of fused-ring (bicyclic) bond motifs is 1. The summed E-state index contributed by atoms with van der Waals surface area (Å²) in [5, 5.41) is 13.4. The first kappa shape index (κ1) is 18.7. The normalized spacial score (nSPS) is 12.1. The number of anilines is 1. The van der Waals surface area contributed by atoms with Crippen molar-refractivity contribution in [2.45, 2.75) is 19.4 Å². The maximum Gasteiger partial charge on any atom is 0.303 e. The summed E-state index contributed by atoms with van der Waals surface area (Å²) in [6.07, 6.45) is 0.404. The molecule has 8 heteroatoms. The molecule has 0 bridgehead atoms. The van der Waals surface area contributed by atoms with Crippen LogP contribution in [0.5, 0.6) is 17.4 Å². The van der Waals surface area contributed by atoms with E-state index in [1.807, 2.05) is 48.5 Å². The van der Waals surface area contributed by atoms with Gasteiger partial charge in [0.05, 0.1) is 18.7 Å². The molecule has 1 aromatic heterocycles. The van der Waals surface area contributed by atoms with Crippen molar-refractivity contribution in [2.75, 3.05) is 19.1 Å². The van der Waals surface area contributed by atoms with E-state index in [9.17, 15) is 4.79 Å². The number of aromatic nitrogens is 2. The minimum Gasteiger partial charge on any atom is -0.481 e. The third kappa shape index (κ3) is 4.11. The van der Waals surface area contributed by atoms with Crippen molar-refractivity contribution in [3.05, 3.63) is 54.1 Å². The summed E-state index contributed by atoms with van der Waals surface area (Å²) in [6.45, 7) is 0.897. The Labute approximate surface area is 167 Å².